The highest BCUT2D eigenvalue weighted by Crippen LogP contribution is 2.31. The SMILES string of the molecule is O=c1cc(C2CCNCC2)n2nc3ccc(F)c(Cl)c3c2[nH]1. The van der Waals surface area contributed by atoms with Crippen LogP contribution < -0.4 is 10.9 Å². The molecular weight excluding hydrogens is 307 g/mol. The number of halogens is 2. The third-order valence-corrected chi connectivity index (χ3v) is 4.62. The maximum absolute atomic E-state index is 13.7. The fraction of sp³-hybridized carbons (Fsp3) is 0.333. The molecule has 3 aromatic rings. The average molecular weight is 321 g/mol. The van der Waals surface area contributed by atoms with Gasteiger partial charge in [-0.2, -0.15) is 5.10 Å². The Balaban J connectivity index is 2.06. The van der Waals surface area contributed by atoms with E-state index in [2.05, 4.69) is 15.4 Å². The standard InChI is InChI=1S/C15H14ClFN4O/c16-14-9(17)1-2-10-13(14)15-19-12(22)7-11(21(15)20-10)8-3-5-18-6-4-8/h1-2,7-8,18H,3-6H2,(H,19,22). The molecule has 7 heteroatoms. The number of nitrogens with zero attached hydrogens (tertiary/aromatic N) is 2. The maximum Gasteiger partial charge on any atom is 0.251 e. The van der Waals surface area contributed by atoms with E-state index in [1.54, 1.807) is 16.6 Å². The molecule has 4 rings (SSSR count). The zero-order valence-corrected chi connectivity index (χ0v) is 12.5. The van der Waals surface area contributed by atoms with E-state index in [1.165, 1.54) is 6.07 Å². The second-order valence-corrected chi connectivity index (χ2v) is 5.98. The summed E-state index contributed by atoms with van der Waals surface area (Å²) in [6, 6.07) is 4.45. The zero-order chi connectivity index (χ0) is 15.3. The summed E-state index contributed by atoms with van der Waals surface area (Å²) in [7, 11) is 0. The Kier molecular flexibility index (Phi) is 3.16. The van der Waals surface area contributed by atoms with E-state index in [1.807, 2.05) is 0 Å². The third-order valence-electron chi connectivity index (χ3n) is 4.25. The third kappa shape index (κ3) is 2.02. The predicted octanol–water partition coefficient (Wildman–Crippen LogP) is 2.44. The van der Waals surface area contributed by atoms with Crippen molar-refractivity contribution in [2.45, 2.75) is 18.8 Å². The fourth-order valence-electron chi connectivity index (χ4n) is 3.17. The van der Waals surface area contributed by atoms with Crippen LogP contribution in [0.25, 0.3) is 16.6 Å². The molecule has 1 aliphatic rings. The Morgan fingerprint density at radius 2 is 2.09 bits per heavy atom. The highest BCUT2D eigenvalue weighted by molar-refractivity contribution is 6.36. The lowest BCUT2D eigenvalue weighted by atomic mass is 9.94. The number of piperidine rings is 1. The van der Waals surface area contributed by atoms with Crippen LogP contribution in [0.3, 0.4) is 0 Å². The quantitative estimate of drug-likeness (QED) is 0.724. The van der Waals surface area contributed by atoms with Gasteiger partial charge in [0.05, 0.1) is 21.6 Å². The van der Waals surface area contributed by atoms with E-state index in [0.717, 1.165) is 31.6 Å². The molecule has 5 nitrogen and oxygen atoms in total. The Labute approximate surface area is 130 Å². The summed E-state index contributed by atoms with van der Waals surface area (Å²) in [5.41, 5.74) is 1.67. The molecule has 0 atom stereocenters. The van der Waals surface area contributed by atoms with Crippen LogP contribution in [0.2, 0.25) is 5.02 Å². The van der Waals surface area contributed by atoms with Crippen LogP contribution in [0.5, 0.6) is 0 Å². The van der Waals surface area contributed by atoms with Crippen LogP contribution in [0.1, 0.15) is 24.5 Å². The van der Waals surface area contributed by atoms with Crippen molar-refractivity contribution in [3.63, 3.8) is 0 Å². The molecule has 1 saturated heterocycles. The lowest BCUT2D eigenvalue weighted by Gasteiger charge is -2.23. The van der Waals surface area contributed by atoms with Gasteiger partial charge in [-0.05, 0) is 38.1 Å². The van der Waals surface area contributed by atoms with Gasteiger partial charge >= 0.3 is 0 Å². The van der Waals surface area contributed by atoms with Gasteiger partial charge in [0.25, 0.3) is 5.56 Å². The Morgan fingerprint density at radius 3 is 2.86 bits per heavy atom. The molecule has 1 aromatic carbocycles. The summed E-state index contributed by atoms with van der Waals surface area (Å²) in [6.07, 6.45) is 1.88. The Hall–Kier alpha value is -1.92. The van der Waals surface area contributed by atoms with Gasteiger partial charge < -0.3 is 10.3 Å². The van der Waals surface area contributed by atoms with Gasteiger partial charge in [0.1, 0.15) is 11.5 Å². The first-order valence-corrected chi connectivity index (χ1v) is 7.63. The predicted molar refractivity (Wildman–Crippen MR) is 83.1 cm³/mol. The number of fused-ring (bicyclic) bond motifs is 3. The lowest BCUT2D eigenvalue weighted by Crippen LogP contribution is -2.28. The first kappa shape index (κ1) is 13.7. The molecule has 3 heterocycles. The number of rotatable bonds is 1. The summed E-state index contributed by atoms with van der Waals surface area (Å²) < 4.78 is 15.4. The van der Waals surface area contributed by atoms with Gasteiger partial charge in [0.15, 0.2) is 0 Å². The van der Waals surface area contributed by atoms with Crippen LogP contribution in [-0.2, 0) is 0 Å². The first-order valence-electron chi connectivity index (χ1n) is 7.25. The summed E-state index contributed by atoms with van der Waals surface area (Å²) in [5.74, 6) is -0.263. The van der Waals surface area contributed by atoms with Crippen LogP contribution in [0.4, 0.5) is 4.39 Å². The number of hydrogen-bond donors (Lipinski definition) is 2. The van der Waals surface area contributed by atoms with E-state index < -0.39 is 5.82 Å². The largest absolute Gasteiger partial charge is 0.317 e. The van der Waals surface area contributed by atoms with E-state index in [0.29, 0.717) is 16.6 Å². The molecular formula is C15H14ClFN4O. The van der Waals surface area contributed by atoms with Crippen molar-refractivity contribution in [1.82, 2.24) is 19.9 Å². The van der Waals surface area contributed by atoms with Gasteiger partial charge in [0, 0.05) is 12.0 Å². The molecule has 0 unspecified atom stereocenters. The van der Waals surface area contributed by atoms with Crippen LogP contribution in [0, 0.1) is 5.82 Å². The second-order valence-electron chi connectivity index (χ2n) is 5.60. The maximum atomic E-state index is 13.7. The molecule has 0 saturated carbocycles. The minimum absolute atomic E-state index is 0.00869. The van der Waals surface area contributed by atoms with Crippen molar-refractivity contribution < 1.29 is 4.39 Å². The minimum Gasteiger partial charge on any atom is -0.317 e. The van der Waals surface area contributed by atoms with Gasteiger partial charge in [-0.3, -0.25) is 4.79 Å². The minimum atomic E-state index is -0.516. The zero-order valence-electron chi connectivity index (χ0n) is 11.7. The number of hydrogen-bond acceptors (Lipinski definition) is 3. The van der Waals surface area contributed by atoms with Crippen molar-refractivity contribution in [3.8, 4) is 0 Å². The molecule has 2 N–H and O–H groups in total. The highest BCUT2D eigenvalue weighted by Gasteiger charge is 2.22. The number of aromatic nitrogens is 3. The Bertz CT molecular complexity index is 927. The summed E-state index contributed by atoms with van der Waals surface area (Å²) in [6.45, 7) is 1.82. The number of benzene rings is 1. The highest BCUT2D eigenvalue weighted by atomic mass is 35.5. The van der Waals surface area contributed by atoms with Crippen LogP contribution in [-0.4, -0.2) is 27.7 Å². The fourth-order valence-corrected chi connectivity index (χ4v) is 3.42. The molecule has 0 aliphatic carbocycles. The molecule has 114 valence electrons. The van der Waals surface area contributed by atoms with Gasteiger partial charge in [-0.1, -0.05) is 11.6 Å². The number of nitrogens with one attached hydrogen (secondary N) is 2. The smallest absolute Gasteiger partial charge is 0.251 e. The molecule has 1 aliphatic heterocycles. The normalized spacial score (nSPS) is 16.6. The molecule has 0 spiro atoms. The second kappa shape index (κ2) is 5.07. The van der Waals surface area contributed by atoms with Crippen molar-refractivity contribution in [2.75, 3.05) is 13.1 Å². The van der Waals surface area contributed by atoms with Gasteiger partial charge in [-0.25, -0.2) is 8.91 Å². The van der Waals surface area contributed by atoms with Crippen LogP contribution >= 0.6 is 11.6 Å². The van der Waals surface area contributed by atoms with E-state index in [4.69, 9.17) is 11.6 Å². The molecule has 0 bridgehead atoms. The van der Waals surface area contributed by atoms with Crippen molar-refractivity contribution in [2.24, 2.45) is 0 Å². The molecule has 22 heavy (non-hydrogen) atoms. The molecule has 0 radical (unpaired) electrons. The average Bonchev–Trinajstić information content (AvgIpc) is 2.90. The van der Waals surface area contributed by atoms with Gasteiger partial charge in [-0.15, -0.1) is 0 Å². The summed E-state index contributed by atoms with van der Waals surface area (Å²) in [4.78, 5) is 14.8. The molecule has 0 amide bonds. The monoisotopic (exact) mass is 320 g/mol. The van der Waals surface area contributed by atoms with Crippen molar-refractivity contribution in [1.29, 1.82) is 0 Å². The van der Waals surface area contributed by atoms with E-state index in [9.17, 15) is 9.18 Å². The van der Waals surface area contributed by atoms with Crippen molar-refractivity contribution >= 4 is 28.2 Å². The first-order chi connectivity index (χ1) is 10.6. The topological polar surface area (TPSA) is 62.2 Å². The lowest BCUT2D eigenvalue weighted by molar-refractivity contribution is 0.446. The Morgan fingerprint density at radius 1 is 1.32 bits per heavy atom. The summed E-state index contributed by atoms with van der Waals surface area (Å²) >= 11 is 6.08. The summed E-state index contributed by atoms with van der Waals surface area (Å²) in [5, 5.41) is 8.26. The van der Waals surface area contributed by atoms with Crippen molar-refractivity contribution in [3.05, 3.63) is 45.1 Å². The van der Waals surface area contributed by atoms with E-state index >= 15 is 0 Å². The number of H-pyrrole nitrogens is 1. The van der Waals surface area contributed by atoms with Crippen LogP contribution in [0.15, 0.2) is 23.0 Å². The van der Waals surface area contributed by atoms with Gasteiger partial charge in [0.2, 0.25) is 0 Å². The van der Waals surface area contributed by atoms with E-state index in [-0.39, 0.29) is 16.5 Å². The number of aromatic amines is 1. The molecule has 2 aromatic heterocycles. The molecule has 1 fully saturated rings.